The molecule has 1 aromatic carbocycles. The molecule has 2 amide bonds. The van der Waals surface area contributed by atoms with E-state index in [-0.39, 0.29) is 24.3 Å². The normalized spacial score (nSPS) is 17.3. The van der Waals surface area contributed by atoms with Crippen LogP contribution >= 0.6 is 11.6 Å². The van der Waals surface area contributed by atoms with Gasteiger partial charge in [0.1, 0.15) is 5.75 Å². The molecule has 0 unspecified atom stereocenters. The number of amides is 2. The van der Waals surface area contributed by atoms with E-state index in [0.29, 0.717) is 36.0 Å². The molecule has 2 fully saturated rings. The molecular weight excluding hydrogens is 468 g/mol. The molecule has 2 saturated heterocycles. The molecule has 188 valence electrons. The minimum atomic E-state index is -0.0874. The lowest BCUT2D eigenvalue weighted by molar-refractivity contribution is -0.134. The van der Waals surface area contributed by atoms with Crippen molar-refractivity contribution in [2.45, 2.75) is 25.7 Å². The van der Waals surface area contributed by atoms with Gasteiger partial charge < -0.3 is 19.7 Å². The molecule has 2 aromatic rings. The number of hydrogen-bond acceptors (Lipinski definition) is 6. The van der Waals surface area contributed by atoms with Gasteiger partial charge in [0.2, 0.25) is 0 Å². The van der Waals surface area contributed by atoms with Gasteiger partial charge in [-0.15, -0.1) is 0 Å². The molecule has 2 aliphatic rings. The third-order valence-electron chi connectivity index (χ3n) is 6.54. The van der Waals surface area contributed by atoms with Crippen LogP contribution in [-0.2, 0) is 9.53 Å². The molecule has 0 radical (unpaired) electrons. The molecule has 4 rings (SSSR count). The topological polar surface area (TPSA) is 84.0 Å². The molecule has 2 aliphatic heterocycles. The third kappa shape index (κ3) is 7.16. The Morgan fingerprint density at radius 1 is 1.09 bits per heavy atom. The Bertz CT molecular complexity index is 1000. The van der Waals surface area contributed by atoms with Crippen molar-refractivity contribution in [2.24, 2.45) is 0 Å². The first-order valence-corrected chi connectivity index (χ1v) is 12.6. The van der Waals surface area contributed by atoms with Crippen LogP contribution in [0.1, 0.15) is 40.5 Å². The molecule has 0 bridgehead atoms. The average Bonchev–Trinajstić information content (AvgIpc) is 2.89. The number of nitrogens with zero attached hydrogens (tertiary/aromatic N) is 3. The lowest BCUT2D eigenvalue weighted by Gasteiger charge is -2.32. The number of hydrogen-bond donors (Lipinski definition) is 1. The second-order valence-corrected chi connectivity index (χ2v) is 9.43. The van der Waals surface area contributed by atoms with E-state index in [1.165, 1.54) is 0 Å². The highest BCUT2D eigenvalue weighted by atomic mass is 35.5. The van der Waals surface area contributed by atoms with E-state index in [9.17, 15) is 9.59 Å². The minimum Gasteiger partial charge on any atom is -0.484 e. The Morgan fingerprint density at radius 3 is 2.51 bits per heavy atom. The Labute approximate surface area is 211 Å². The van der Waals surface area contributed by atoms with Gasteiger partial charge in [0.05, 0.1) is 24.5 Å². The minimum absolute atomic E-state index is 0.00814. The molecule has 1 N–H and O–H groups in total. The number of likely N-dealkylation sites (tertiary alicyclic amines) is 1. The first kappa shape index (κ1) is 25.4. The highest BCUT2D eigenvalue weighted by Gasteiger charge is 2.28. The van der Waals surface area contributed by atoms with Gasteiger partial charge in [-0.3, -0.25) is 19.5 Å². The van der Waals surface area contributed by atoms with Gasteiger partial charge in [-0.25, -0.2) is 0 Å². The predicted octanol–water partition coefficient (Wildman–Crippen LogP) is 2.89. The van der Waals surface area contributed by atoms with Crippen LogP contribution in [0.15, 0.2) is 36.4 Å². The standard InChI is InChI=1S/C26H33ClN4O4/c1-19-2-7-23(26(33)28-10-13-30-14-16-34-17-15-30)25(29-19)20-8-11-31(12-9-20)24(32)18-35-22-5-3-21(27)4-6-22/h2-7,20H,8-18H2,1H3,(H,28,33). The number of nitrogens with one attached hydrogen (secondary N) is 1. The fourth-order valence-corrected chi connectivity index (χ4v) is 4.62. The molecular formula is C26H33ClN4O4. The zero-order valence-electron chi connectivity index (χ0n) is 20.2. The number of aromatic nitrogens is 1. The van der Waals surface area contributed by atoms with Crippen molar-refractivity contribution in [3.63, 3.8) is 0 Å². The van der Waals surface area contributed by atoms with Gasteiger partial charge in [-0.2, -0.15) is 0 Å². The molecule has 0 saturated carbocycles. The lowest BCUT2D eigenvalue weighted by atomic mass is 9.89. The fourth-order valence-electron chi connectivity index (χ4n) is 4.50. The molecule has 9 heteroatoms. The maximum Gasteiger partial charge on any atom is 0.260 e. The fraction of sp³-hybridized carbons (Fsp3) is 0.500. The number of carbonyl (C=O) groups excluding carboxylic acids is 2. The second kappa shape index (κ2) is 12.3. The van der Waals surface area contributed by atoms with Crippen molar-refractivity contribution in [1.29, 1.82) is 0 Å². The highest BCUT2D eigenvalue weighted by molar-refractivity contribution is 6.30. The summed E-state index contributed by atoms with van der Waals surface area (Å²) in [5, 5.41) is 3.68. The van der Waals surface area contributed by atoms with Crippen LogP contribution in [0.2, 0.25) is 5.02 Å². The Morgan fingerprint density at radius 2 is 1.80 bits per heavy atom. The van der Waals surface area contributed by atoms with Crippen molar-refractivity contribution in [3.8, 4) is 5.75 Å². The summed E-state index contributed by atoms with van der Waals surface area (Å²) in [6.07, 6.45) is 1.52. The van der Waals surface area contributed by atoms with E-state index in [4.69, 9.17) is 26.1 Å². The van der Waals surface area contributed by atoms with Gasteiger partial charge in [0.25, 0.3) is 11.8 Å². The summed E-state index contributed by atoms with van der Waals surface area (Å²) in [5.74, 6) is 0.620. The van der Waals surface area contributed by atoms with E-state index in [2.05, 4.69) is 10.2 Å². The summed E-state index contributed by atoms with van der Waals surface area (Å²) >= 11 is 5.89. The number of rotatable bonds is 8. The number of ether oxygens (including phenoxy) is 2. The first-order chi connectivity index (χ1) is 17.0. The summed E-state index contributed by atoms with van der Waals surface area (Å²) in [5.41, 5.74) is 2.35. The molecule has 0 aliphatic carbocycles. The van der Waals surface area contributed by atoms with E-state index in [1.807, 2.05) is 24.0 Å². The van der Waals surface area contributed by atoms with Gasteiger partial charge in [-0.05, 0) is 56.2 Å². The number of pyridine rings is 1. The number of carbonyl (C=O) groups is 2. The highest BCUT2D eigenvalue weighted by Crippen LogP contribution is 2.29. The summed E-state index contributed by atoms with van der Waals surface area (Å²) in [4.78, 5) is 34.5. The molecule has 3 heterocycles. The third-order valence-corrected chi connectivity index (χ3v) is 6.79. The number of halogens is 1. The van der Waals surface area contributed by atoms with Gasteiger partial charge in [-0.1, -0.05) is 11.6 Å². The summed E-state index contributed by atoms with van der Waals surface area (Å²) < 4.78 is 11.0. The van der Waals surface area contributed by atoms with Gasteiger partial charge in [0, 0.05) is 55.9 Å². The van der Waals surface area contributed by atoms with Crippen molar-refractivity contribution >= 4 is 23.4 Å². The smallest absolute Gasteiger partial charge is 0.260 e. The molecule has 35 heavy (non-hydrogen) atoms. The Balaban J connectivity index is 1.29. The van der Waals surface area contributed by atoms with Crippen LogP contribution < -0.4 is 10.1 Å². The first-order valence-electron chi connectivity index (χ1n) is 12.2. The Kier molecular flexibility index (Phi) is 8.95. The molecule has 8 nitrogen and oxygen atoms in total. The van der Waals surface area contributed by atoms with Crippen LogP contribution in [0.25, 0.3) is 0 Å². The second-order valence-electron chi connectivity index (χ2n) is 8.99. The van der Waals surface area contributed by atoms with E-state index in [1.54, 1.807) is 24.3 Å². The zero-order chi connectivity index (χ0) is 24.6. The van der Waals surface area contributed by atoms with Crippen LogP contribution in [-0.4, -0.2) is 85.7 Å². The average molecular weight is 501 g/mol. The van der Waals surface area contributed by atoms with Crippen LogP contribution in [0.3, 0.4) is 0 Å². The monoisotopic (exact) mass is 500 g/mol. The maximum atomic E-state index is 13.0. The summed E-state index contributed by atoms with van der Waals surface area (Å²) in [6.45, 7) is 7.84. The lowest BCUT2D eigenvalue weighted by Crippen LogP contribution is -2.42. The van der Waals surface area contributed by atoms with Crippen molar-refractivity contribution in [1.82, 2.24) is 20.1 Å². The van der Waals surface area contributed by atoms with Crippen molar-refractivity contribution in [2.75, 3.05) is 59.1 Å². The van der Waals surface area contributed by atoms with Crippen molar-refractivity contribution in [3.05, 3.63) is 58.4 Å². The predicted molar refractivity (Wildman–Crippen MR) is 134 cm³/mol. The van der Waals surface area contributed by atoms with E-state index < -0.39 is 0 Å². The SMILES string of the molecule is Cc1ccc(C(=O)NCCN2CCOCC2)c(C2CCN(C(=O)COc3ccc(Cl)cc3)CC2)n1. The van der Waals surface area contributed by atoms with E-state index in [0.717, 1.165) is 57.1 Å². The van der Waals surface area contributed by atoms with Gasteiger partial charge in [0.15, 0.2) is 6.61 Å². The van der Waals surface area contributed by atoms with E-state index >= 15 is 0 Å². The largest absolute Gasteiger partial charge is 0.484 e. The molecule has 0 spiro atoms. The number of benzene rings is 1. The number of morpholine rings is 1. The summed E-state index contributed by atoms with van der Waals surface area (Å²) in [7, 11) is 0. The quantitative estimate of drug-likeness (QED) is 0.600. The van der Waals surface area contributed by atoms with Crippen LogP contribution in [0, 0.1) is 6.92 Å². The van der Waals surface area contributed by atoms with Crippen LogP contribution in [0.5, 0.6) is 5.75 Å². The maximum absolute atomic E-state index is 13.0. The zero-order valence-corrected chi connectivity index (χ0v) is 20.9. The molecule has 0 atom stereocenters. The number of piperidine rings is 1. The van der Waals surface area contributed by atoms with Crippen molar-refractivity contribution < 1.29 is 19.1 Å². The van der Waals surface area contributed by atoms with Gasteiger partial charge >= 0.3 is 0 Å². The molecule has 1 aromatic heterocycles. The van der Waals surface area contributed by atoms with Crippen LogP contribution in [0.4, 0.5) is 0 Å². The Hall–Kier alpha value is -2.68. The number of aryl methyl sites for hydroxylation is 1. The summed E-state index contributed by atoms with van der Waals surface area (Å²) in [6, 6.07) is 10.7.